The van der Waals surface area contributed by atoms with Gasteiger partial charge in [-0.3, -0.25) is 4.79 Å². The molecule has 9 heteroatoms. The van der Waals surface area contributed by atoms with E-state index in [9.17, 15) is 13.2 Å². The van der Waals surface area contributed by atoms with Crippen molar-refractivity contribution in [2.75, 3.05) is 18.5 Å². The van der Waals surface area contributed by atoms with Crippen molar-refractivity contribution in [2.24, 2.45) is 0 Å². The Morgan fingerprint density at radius 1 is 1.03 bits per heavy atom. The fraction of sp³-hybridized carbons (Fsp3) is 0.208. The minimum atomic E-state index is -3.65. The zero-order valence-electron chi connectivity index (χ0n) is 18.1. The van der Waals surface area contributed by atoms with E-state index in [0.29, 0.717) is 12.2 Å². The number of hydrogen-bond donors (Lipinski definition) is 2. The van der Waals surface area contributed by atoms with Crippen LogP contribution in [0.2, 0.25) is 5.02 Å². The molecule has 0 aliphatic rings. The van der Waals surface area contributed by atoms with Crippen molar-refractivity contribution in [1.29, 1.82) is 0 Å². The highest BCUT2D eigenvalue weighted by atomic mass is 35.5. The summed E-state index contributed by atoms with van der Waals surface area (Å²) in [6.07, 6.45) is 1.63. The second-order valence-electron chi connectivity index (χ2n) is 7.09. The molecule has 0 aliphatic carbocycles. The number of carbonyl (C=O) groups is 1. The molecule has 1 amide bonds. The molecule has 0 fully saturated rings. The standard InChI is InChI=1S/C24H25ClN2O4S2/c1-2-3-15-26-33(29,30)19-13-14-22(20(25)16-19)31-17-24(28)27-21-11-7-8-12-23(21)32-18-9-5-4-6-10-18/h4-14,16,26H,2-3,15,17H2,1H3,(H,27,28). The predicted molar refractivity (Wildman–Crippen MR) is 133 cm³/mol. The summed E-state index contributed by atoms with van der Waals surface area (Å²) in [4.78, 5) is 14.5. The first-order chi connectivity index (χ1) is 15.9. The molecular weight excluding hydrogens is 480 g/mol. The molecule has 0 heterocycles. The van der Waals surface area contributed by atoms with Crippen LogP contribution in [0.25, 0.3) is 0 Å². The lowest BCUT2D eigenvalue weighted by Gasteiger charge is -2.13. The molecule has 6 nitrogen and oxygen atoms in total. The predicted octanol–water partition coefficient (Wildman–Crippen LogP) is 5.59. The van der Waals surface area contributed by atoms with Gasteiger partial charge in [-0.05, 0) is 48.9 Å². The van der Waals surface area contributed by atoms with Crippen molar-refractivity contribution < 1.29 is 17.9 Å². The second kappa shape index (κ2) is 12.1. The van der Waals surface area contributed by atoms with Crippen molar-refractivity contribution in [2.45, 2.75) is 34.5 Å². The number of sulfonamides is 1. The van der Waals surface area contributed by atoms with Gasteiger partial charge in [0.15, 0.2) is 6.61 Å². The summed E-state index contributed by atoms with van der Waals surface area (Å²) in [7, 11) is -3.65. The van der Waals surface area contributed by atoms with E-state index in [1.165, 1.54) is 18.2 Å². The average Bonchev–Trinajstić information content (AvgIpc) is 2.80. The summed E-state index contributed by atoms with van der Waals surface area (Å²) in [6, 6.07) is 21.5. The summed E-state index contributed by atoms with van der Waals surface area (Å²) >= 11 is 7.75. The Balaban J connectivity index is 1.60. The van der Waals surface area contributed by atoms with Gasteiger partial charge in [-0.2, -0.15) is 0 Å². The van der Waals surface area contributed by atoms with E-state index < -0.39 is 10.0 Å². The topological polar surface area (TPSA) is 84.5 Å². The van der Waals surface area contributed by atoms with Crippen molar-refractivity contribution in [3.05, 3.63) is 77.8 Å². The van der Waals surface area contributed by atoms with E-state index in [2.05, 4.69) is 10.0 Å². The summed E-state index contributed by atoms with van der Waals surface area (Å²) in [5.41, 5.74) is 0.672. The van der Waals surface area contributed by atoms with Gasteiger partial charge in [-0.15, -0.1) is 0 Å². The molecular formula is C24H25ClN2O4S2. The first kappa shape index (κ1) is 25.1. The quantitative estimate of drug-likeness (QED) is 0.333. The summed E-state index contributed by atoms with van der Waals surface area (Å²) in [5, 5.41) is 2.96. The molecule has 0 aromatic heterocycles. The molecule has 0 saturated carbocycles. The first-order valence-corrected chi connectivity index (χ1v) is 13.1. The number of halogens is 1. The third-order valence-corrected chi connectivity index (χ3v) is 7.36. The molecule has 3 aromatic rings. The summed E-state index contributed by atoms with van der Waals surface area (Å²) < 4.78 is 32.7. The van der Waals surface area contributed by atoms with E-state index in [4.69, 9.17) is 16.3 Å². The van der Waals surface area contributed by atoms with Crippen LogP contribution in [-0.4, -0.2) is 27.5 Å². The lowest BCUT2D eigenvalue weighted by molar-refractivity contribution is -0.118. The van der Waals surface area contributed by atoms with Gasteiger partial charge in [0.2, 0.25) is 10.0 Å². The smallest absolute Gasteiger partial charge is 0.262 e. The maximum Gasteiger partial charge on any atom is 0.262 e. The second-order valence-corrected chi connectivity index (χ2v) is 10.4. The number of carbonyl (C=O) groups excluding carboxylic acids is 1. The Kier molecular flexibility index (Phi) is 9.20. The Morgan fingerprint density at radius 3 is 2.48 bits per heavy atom. The maximum atomic E-state index is 12.5. The van der Waals surface area contributed by atoms with Gasteiger partial charge in [0.25, 0.3) is 5.91 Å². The van der Waals surface area contributed by atoms with E-state index >= 15 is 0 Å². The number of benzene rings is 3. The van der Waals surface area contributed by atoms with Crippen LogP contribution in [0.3, 0.4) is 0 Å². The molecule has 0 saturated heterocycles. The average molecular weight is 505 g/mol. The van der Waals surface area contributed by atoms with Gasteiger partial charge >= 0.3 is 0 Å². The number of anilines is 1. The fourth-order valence-electron chi connectivity index (χ4n) is 2.84. The molecule has 3 rings (SSSR count). The minimum absolute atomic E-state index is 0.0484. The highest BCUT2D eigenvalue weighted by Gasteiger charge is 2.16. The number of nitrogens with one attached hydrogen (secondary N) is 2. The molecule has 2 N–H and O–H groups in total. The third-order valence-electron chi connectivity index (χ3n) is 4.53. The number of amides is 1. The normalized spacial score (nSPS) is 11.2. The molecule has 0 unspecified atom stereocenters. The Hall–Kier alpha value is -2.52. The highest BCUT2D eigenvalue weighted by Crippen LogP contribution is 2.33. The molecule has 33 heavy (non-hydrogen) atoms. The number of para-hydroxylation sites is 1. The zero-order valence-corrected chi connectivity index (χ0v) is 20.5. The monoisotopic (exact) mass is 504 g/mol. The molecule has 0 atom stereocenters. The van der Waals surface area contributed by atoms with Gasteiger partial charge in [0.1, 0.15) is 5.75 Å². The fourth-order valence-corrected chi connectivity index (χ4v) is 5.16. The molecule has 3 aromatic carbocycles. The van der Waals surface area contributed by atoms with Crippen molar-refractivity contribution in [3.8, 4) is 5.75 Å². The Bertz CT molecular complexity index is 1190. The van der Waals surface area contributed by atoms with Crippen LogP contribution in [0.15, 0.2) is 87.5 Å². The van der Waals surface area contributed by atoms with Gasteiger partial charge in [0.05, 0.1) is 15.6 Å². The highest BCUT2D eigenvalue weighted by molar-refractivity contribution is 7.99. The van der Waals surface area contributed by atoms with Crippen LogP contribution in [0.4, 0.5) is 5.69 Å². The van der Waals surface area contributed by atoms with Crippen LogP contribution in [-0.2, 0) is 14.8 Å². The summed E-state index contributed by atoms with van der Waals surface area (Å²) in [6.45, 7) is 2.07. The maximum absolute atomic E-state index is 12.5. The molecule has 0 spiro atoms. The minimum Gasteiger partial charge on any atom is -0.482 e. The number of ether oxygens (including phenoxy) is 1. The lowest BCUT2D eigenvalue weighted by atomic mass is 10.3. The molecule has 0 bridgehead atoms. The van der Waals surface area contributed by atoms with Gasteiger partial charge < -0.3 is 10.1 Å². The van der Waals surface area contributed by atoms with E-state index in [0.717, 1.165) is 22.6 Å². The van der Waals surface area contributed by atoms with Crippen LogP contribution in [0.1, 0.15) is 19.8 Å². The number of unbranched alkanes of at least 4 members (excludes halogenated alkanes) is 1. The number of hydrogen-bond acceptors (Lipinski definition) is 5. The molecule has 0 radical (unpaired) electrons. The van der Waals surface area contributed by atoms with E-state index in [1.54, 1.807) is 11.8 Å². The van der Waals surface area contributed by atoms with Gasteiger partial charge in [-0.1, -0.05) is 67.0 Å². The summed E-state index contributed by atoms with van der Waals surface area (Å²) in [5.74, 6) is -0.128. The van der Waals surface area contributed by atoms with E-state index in [1.807, 2.05) is 61.5 Å². The van der Waals surface area contributed by atoms with Gasteiger partial charge in [-0.25, -0.2) is 13.1 Å². The molecule has 0 aliphatic heterocycles. The van der Waals surface area contributed by atoms with Crippen molar-refractivity contribution >= 4 is 45.0 Å². The van der Waals surface area contributed by atoms with Crippen molar-refractivity contribution in [3.63, 3.8) is 0 Å². The lowest BCUT2D eigenvalue weighted by Crippen LogP contribution is -2.24. The Morgan fingerprint density at radius 2 is 1.76 bits per heavy atom. The first-order valence-electron chi connectivity index (χ1n) is 10.4. The largest absolute Gasteiger partial charge is 0.482 e. The zero-order chi connectivity index (χ0) is 23.7. The van der Waals surface area contributed by atoms with Crippen LogP contribution < -0.4 is 14.8 Å². The molecule has 174 valence electrons. The van der Waals surface area contributed by atoms with Crippen LogP contribution in [0, 0.1) is 0 Å². The third kappa shape index (κ3) is 7.50. The number of rotatable bonds is 11. The van der Waals surface area contributed by atoms with Crippen LogP contribution in [0.5, 0.6) is 5.75 Å². The van der Waals surface area contributed by atoms with Crippen LogP contribution >= 0.6 is 23.4 Å². The van der Waals surface area contributed by atoms with Crippen molar-refractivity contribution in [1.82, 2.24) is 4.72 Å². The SMILES string of the molecule is CCCCNS(=O)(=O)c1ccc(OCC(=O)Nc2ccccc2Sc2ccccc2)c(Cl)c1. The van der Waals surface area contributed by atoms with Gasteiger partial charge in [0, 0.05) is 16.3 Å². The Labute approximate surface area is 203 Å². The van der Waals surface area contributed by atoms with E-state index in [-0.39, 0.29) is 28.2 Å².